The van der Waals surface area contributed by atoms with Crippen LogP contribution in [0.4, 0.5) is 5.88 Å². The van der Waals surface area contributed by atoms with E-state index < -0.39 is 0 Å². The summed E-state index contributed by atoms with van der Waals surface area (Å²) in [4.78, 5) is 5.37. The number of aromatic nitrogens is 3. The van der Waals surface area contributed by atoms with E-state index in [1.54, 1.807) is 17.4 Å². The number of fused-ring (bicyclic) bond motifs is 1. The second kappa shape index (κ2) is 2.83. The average Bonchev–Trinajstić information content (AvgIpc) is 2.81. The van der Waals surface area contributed by atoms with Crippen molar-refractivity contribution in [3.63, 3.8) is 0 Å². The predicted molar refractivity (Wildman–Crippen MR) is 57.7 cm³/mol. The maximum absolute atomic E-state index is 5.50. The Hall–Kier alpha value is -1.82. The second-order valence-corrected chi connectivity index (χ2v) is 4.09. The normalized spacial score (nSPS) is 11.3. The van der Waals surface area contributed by atoms with Crippen molar-refractivity contribution in [2.75, 3.05) is 5.73 Å². The smallest absolute Gasteiger partial charge is 0.222 e. The lowest BCUT2D eigenvalue weighted by Crippen LogP contribution is -1.85. The van der Waals surface area contributed by atoms with Gasteiger partial charge in [0.25, 0.3) is 0 Å². The number of nitrogen functional groups attached to an aromatic ring is 1. The van der Waals surface area contributed by atoms with Gasteiger partial charge in [-0.2, -0.15) is 0 Å². The molecule has 0 aliphatic rings. The maximum Gasteiger partial charge on any atom is 0.222 e. The first kappa shape index (κ1) is 8.49. The lowest BCUT2D eigenvalue weighted by molar-refractivity contribution is 0.439. The Morgan fingerprint density at radius 2 is 2.40 bits per heavy atom. The van der Waals surface area contributed by atoms with E-state index in [0.717, 1.165) is 22.0 Å². The highest BCUT2D eigenvalue weighted by Crippen LogP contribution is 2.26. The van der Waals surface area contributed by atoms with Crippen LogP contribution >= 0.6 is 11.3 Å². The van der Waals surface area contributed by atoms with Gasteiger partial charge in [0, 0.05) is 17.6 Å². The van der Waals surface area contributed by atoms with Gasteiger partial charge in [0.2, 0.25) is 5.88 Å². The van der Waals surface area contributed by atoms with Crippen LogP contribution in [-0.2, 0) is 0 Å². The molecule has 3 rings (SSSR count). The van der Waals surface area contributed by atoms with Crippen molar-refractivity contribution >= 4 is 22.2 Å². The van der Waals surface area contributed by atoms with E-state index in [2.05, 4.69) is 10.1 Å². The van der Waals surface area contributed by atoms with Crippen molar-refractivity contribution in [1.29, 1.82) is 0 Å². The number of rotatable bonds is 1. The zero-order chi connectivity index (χ0) is 10.4. The molecule has 0 atom stereocenters. The van der Waals surface area contributed by atoms with Gasteiger partial charge in [-0.1, -0.05) is 5.16 Å². The summed E-state index contributed by atoms with van der Waals surface area (Å²) in [7, 11) is 0. The molecule has 5 nitrogen and oxygen atoms in total. The third-order valence-electron chi connectivity index (χ3n) is 2.21. The monoisotopic (exact) mass is 220 g/mol. The number of nitrogens with zero attached hydrogens (tertiary/aromatic N) is 3. The lowest BCUT2D eigenvalue weighted by atomic mass is 10.2. The van der Waals surface area contributed by atoms with E-state index >= 15 is 0 Å². The van der Waals surface area contributed by atoms with Crippen molar-refractivity contribution in [2.45, 2.75) is 6.92 Å². The van der Waals surface area contributed by atoms with E-state index in [0.29, 0.717) is 5.88 Å². The van der Waals surface area contributed by atoms with Crippen molar-refractivity contribution in [1.82, 2.24) is 14.5 Å². The van der Waals surface area contributed by atoms with Gasteiger partial charge in [-0.15, -0.1) is 11.3 Å². The Morgan fingerprint density at radius 3 is 3.13 bits per heavy atom. The van der Waals surface area contributed by atoms with Gasteiger partial charge in [0.15, 0.2) is 4.96 Å². The Morgan fingerprint density at radius 1 is 1.53 bits per heavy atom. The number of nitrogens with two attached hydrogens (primary N) is 1. The molecule has 0 spiro atoms. The first-order valence-corrected chi connectivity index (χ1v) is 5.28. The topological polar surface area (TPSA) is 69.3 Å². The van der Waals surface area contributed by atoms with Crippen LogP contribution < -0.4 is 5.73 Å². The SMILES string of the molecule is Cc1nc2sccn2c1-c1cc(N)on1. The number of hydrogen-bond acceptors (Lipinski definition) is 5. The van der Waals surface area contributed by atoms with Crippen LogP contribution in [0.3, 0.4) is 0 Å². The summed E-state index contributed by atoms with van der Waals surface area (Å²) in [5.74, 6) is 0.314. The molecule has 0 unspecified atom stereocenters. The van der Waals surface area contributed by atoms with E-state index in [1.807, 2.05) is 22.9 Å². The number of hydrogen-bond donors (Lipinski definition) is 1. The highest BCUT2D eigenvalue weighted by Gasteiger charge is 2.14. The fourth-order valence-electron chi connectivity index (χ4n) is 1.60. The van der Waals surface area contributed by atoms with Crippen LogP contribution in [0.15, 0.2) is 22.2 Å². The predicted octanol–water partition coefficient (Wildman–Crippen LogP) is 1.94. The maximum atomic E-state index is 5.50. The van der Waals surface area contributed by atoms with E-state index in [9.17, 15) is 0 Å². The van der Waals surface area contributed by atoms with Crippen LogP contribution in [0, 0.1) is 6.92 Å². The quantitative estimate of drug-likeness (QED) is 0.680. The summed E-state index contributed by atoms with van der Waals surface area (Å²) < 4.78 is 6.84. The lowest BCUT2D eigenvalue weighted by Gasteiger charge is -1.93. The van der Waals surface area contributed by atoms with Crippen LogP contribution in [0.5, 0.6) is 0 Å². The van der Waals surface area contributed by atoms with Gasteiger partial charge in [0.1, 0.15) is 5.69 Å². The number of imidazole rings is 1. The zero-order valence-electron chi connectivity index (χ0n) is 7.97. The van der Waals surface area contributed by atoms with Crippen LogP contribution in [0.25, 0.3) is 16.3 Å². The molecular weight excluding hydrogens is 212 g/mol. The van der Waals surface area contributed by atoms with E-state index in [4.69, 9.17) is 10.3 Å². The molecule has 0 aromatic carbocycles. The summed E-state index contributed by atoms with van der Waals surface area (Å²) in [5.41, 5.74) is 8.08. The fraction of sp³-hybridized carbons (Fsp3) is 0.111. The zero-order valence-corrected chi connectivity index (χ0v) is 8.78. The molecule has 0 fully saturated rings. The highest BCUT2D eigenvalue weighted by atomic mass is 32.1. The Bertz CT molecular complexity index is 621. The van der Waals surface area contributed by atoms with Crippen molar-refractivity contribution in [2.24, 2.45) is 0 Å². The van der Waals surface area contributed by atoms with Crippen LogP contribution in [-0.4, -0.2) is 14.5 Å². The van der Waals surface area contributed by atoms with E-state index in [1.165, 1.54) is 0 Å². The molecule has 0 saturated carbocycles. The molecule has 2 N–H and O–H groups in total. The molecule has 6 heteroatoms. The Balaban J connectivity index is 2.33. The third kappa shape index (κ3) is 1.15. The summed E-state index contributed by atoms with van der Waals surface area (Å²) in [6.45, 7) is 1.94. The molecule has 3 heterocycles. The molecule has 3 aromatic rings. The van der Waals surface area contributed by atoms with Gasteiger partial charge in [-0.25, -0.2) is 4.98 Å². The Labute approximate surface area is 89.1 Å². The summed E-state index contributed by atoms with van der Waals surface area (Å²) >= 11 is 1.59. The molecule has 0 aliphatic heterocycles. The first-order chi connectivity index (χ1) is 7.25. The first-order valence-electron chi connectivity index (χ1n) is 4.40. The van der Waals surface area contributed by atoms with Gasteiger partial charge in [-0.05, 0) is 6.92 Å². The van der Waals surface area contributed by atoms with Crippen LogP contribution in [0.1, 0.15) is 5.69 Å². The molecule has 0 amide bonds. The second-order valence-electron chi connectivity index (χ2n) is 3.22. The molecule has 3 aromatic heterocycles. The van der Waals surface area contributed by atoms with Gasteiger partial charge in [0.05, 0.1) is 11.4 Å². The van der Waals surface area contributed by atoms with Crippen molar-refractivity contribution in [3.05, 3.63) is 23.3 Å². The molecular formula is C9H8N4OS. The van der Waals surface area contributed by atoms with Crippen LogP contribution in [0.2, 0.25) is 0 Å². The van der Waals surface area contributed by atoms with Gasteiger partial charge < -0.3 is 10.3 Å². The minimum absolute atomic E-state index is 0.314. The molecule has 15 heavy (non-hydrogen) atoms. The molecule has 0 aliphatic carbocycles. The molecule has 0 saturated heterocycles. The third-order valence-corrected chi connectivity index (χ3v) is 2.96. The molecule has 0 bridgehead atoms. The molecule has 76 valence electrons. The summed E-state index contributed by atoms with van der Waals surface area (Å²) in [6, 6.07) is 1.70. The minimum Gasteiger partial charge on any atom is -0.368 e. The Kier molecular flexibility index (Phi) is 1.60. The largest absolute Gasteiger partial charge is 0.368 e. The van der Waals surface area contributed by atoms with Gasteiger partial charge in [-0.3, -0.25) is 4.40 Å². The summed E-state index contributed by atoms with van der Waals surface area (Å²) in [6.07, 6.45) is 1.96. The standard InChI is InChI=1S/C9H8N4OS/c1-5-8(6-4-7(10)14-12-6)13-2-3-15-9(13)11-5/h2-4H,10H2,1H3. The number of aryl methyl sites for hydroxylation is 1. The molecule has 0 radical (unpaired) electrons. The highest BCUT2D eigenvalue weighted by molar-refractivity contribution is 7.15. The average molecular weight is 220 g/mol. The van der Waals surface area contributed by atoms with Crippen molar-refractivity contribution in [3.8, 4) is 11.4 Å². The minimum atomic E-state index is 0.314. The van der Waals surface area contributed by atoms with Gasteiger partial charge >= 0.3 is 0 Å². The van der Waals surface area contributed by atoms with Crippen molar-refractivity contribution < 1.29 is 4.52 Å². The summed E-state index contributed by atoms with van der Waals surface area (Å²) in [5, 5.41) is 5.87. The number of thiazole rings is 1. The fourth-order valence-corrected chi connectivity index (χ4v) is 2.36. The van der Waals surface area contributed by atoms with E-state index in [-0.39, 0.29) is 0 Å². The number of anilines is 1.